The van der Waals surface area contributed by atoms with E-state index in [4.69, 9.17) is 9.47 Å². The van der Waals surface area contributed by atoms with Crippen LogP contribution in [-0.2, 0) is 6.54 Å². The standard InChI is InChI=1S/C20H19NO2/c1-21-12-16-14(10-11-18(22-2)20(16)23-3)15-8-4-6-13-7-5-9-17(21)19(13)15/h4-11H,12H2,1-3H3. The number of hydrogen-bond donors (Lipinski definition) is 0. The number of methoxy groups -OCH3 is 2. The van der Waals surface area contributed by atoms with Gasteiger partial charge in [-0.2, -0.15) is 0 Å². The minimum absolute atomic E-state index is 0.776. The van der Waals surface area contributed by atoms with E-state index >= 15 is 0 Å². The van der Waals surface area contributed by atoms with Crippen LogP contribution in [0.25, 0.3) is 21.9 Å². The van der Waals surface area contributed by atoms with E-state index in [0.29, 0.717) is 0 Å². The van der Waals surface area contributed by atoms with E-state index in [2.05, 4.69) is 54.4 Å². The third-order valence-electron chi connectivity index (χ3n) is 4.63. The molecule has 1 heterocycles. The van der Waals surface area contributed by atoms with Crippen LogP contribution in [0.2, 0.25) is 0 Å². The molecule has 0 unspecified atom stereocenters. The minimum Gasteiger partial charge on any atom is -0.493 e. The summed E-state index contributed by atoms with van der Waals surface area (Å²) in [4.78, 5) is 2.28. The number of hydrogen-bond acceptors (Lipinski definition) is 3. The van der Waals surface area contributed by atoms with E-state index in [1.165, 1.54) is 27.6 Å². The monoisotopic (exact) mass is 305 g/mol. The van der Waals surface area contributed by atoms with Gasteiger partial charge in [0.25, 0.3) is 0 Å². The lowest BCUT2D eigenvalue weighted by Gasteiger charge is -2.21. The molecule has 0 fully saturated rings. The second-order valence-corrected chi connectivity index (χ2v) is 5.86. The van der Waals surface area contributed by atoms with Crippen molar-refractivity contribution in [2.24, 2.45) is 0 Å². The van der Waals surface area contributed by atoms with Gasteiger partial charge in [0.05, 0.1) is 14.2 Å². The van der Waals surface area contributed by atoms with Crippen molar-refractivity contribution < 1.29 is 9.47 Å². The van der Waals surface area contributed by atoms with Crippen LogP contribution >= 0.6 is 0 Å². The number of ether oxygens (including phenoxy) is 2. The smallest absolute Gasteiger partial charge is 0.166 e. The van der Waals surface area contributed by atoms with Crippen LogP contribution in [-0.4, -0.2) is 21.3 Å². The zero-order valence-corrected chi connectivity index (χ0v) is 13.6. The summed E-state index contributed by atoms with van der Waals surface area (Å²) in [5.74, 6) is 1.60. The zero-order chi connectivity index (χ0) is 16.0. The van der Waals surface area contributed by atoms with E-state index in [-0.39, 0.29) is 0 Å². The first-order valence-electron chi connectivity index (χ1n) is 7.71. The third kappa shape index (κ3) is 1.96. The second-order valence-electron chi connectivity index (χ2n) is 5.86. The minimum atomic E-state index is 0.776. The lowest BCUT2D eigenvalue weighted by atomic mass is 9.94. The Balaban J connectivity index is 2.12. The predicted molar refractivity (Wildman–Crippen MR) is 94.6 cm³/mol. The molecule has 0 saturated carbocycles. The Kier molecular flexibility index (Phi) is 3.15. The Morgan fingerprint density at radius 3 is 2.39 bits per heavy atom. The summed E-state index contributed by atoms with van der Waals surface area (Å²) >= 11 is 0. The lowest BCUT2D eigenvalue weighted by Crippen LogP contribution is -2.16. The summed E-state index contributed by atoms with van der Waals surface area (Å²) in [7, 11) is 5.51. The molecule has 0 atom stereocenters. The molecule has 116 valence electrons. The Bertz CT molecular complexity index is 896. The first kappa shape index (κ1) is 13.9. The molecule has 3 nitrogen and oxygen atoms in total. The highest BCUT2D eigenvalue weighted by Crippen LogP contribution is 2.45. The molecule has 0 aromatic heterocycles. The van der Waals surface area contributed by atoms with Crippen LogP contribution in [0.5, 0.6) is 11.5 Å². The zero-order valence-electron chi connectivity index (χ0n) is 13.6. The van der Waals surface area contributed by atoms with Crippen LogP contribution in [0.4, 0.5) is 5.69 Å². The molecule has 3 aromatic rings. The van der Waals surface area contributed by atoms with Crippen LogP contribution in [0.15, 0.2) is 48.5 Å². The number of anilines is 1. The molecule has 3 aromatic carbocycles. The van der Waals surface area contributed by atoms with Gasteiger partial charge in [-0.05, 0) is 28.6 Å². The number of nitrogens with zero attached hydrogens (tertiary/aromatic N) is 1. The summed E-state index contributed by atoms with van der Waals surface area (Å²) < 4.78 is 11.2. The van der Waals surface area contributed by atoms with E-state index in [1.807, 2.05) is 6.07 Å². The van der Waals surface area contributed by atoms with E-state index < -0.39 is 0 Å². The van der Waals surface area contributed by atoms with Crippen LogP contribution < -0.4 is 14.4 Å². The molecule has 1 aliphatic heterocycles. The van der Waals surface area contributed by atoms with Crippen molar-refractivity contribution in [3.8, 4) is 22.6 Å². The largest absolute Gasteiger partial charge is 0.493 e. The van der Waals surface area contributed by atoms with E-state index in [9.17, 15) is 0 Å². The van der Waals surface area contributed by atoms with Gasteiger partial charge in [0.15, 0.2) is 11.5 Å². The van der Waals surface area contributed by atoms with E-state index in [1.54, 1.807) is 14.2 Å². The Hall–Kier alpha value is -2.68. The molecule has 0 spiro atoms. The molecule has 3 heteroatoms. The Labute approximate surface area is 136 Å². The van der Waals surface area contributed by atoms with Gasteiger partial charge in [-0.1, -0.05) is 36.4 Å². The third-order valence-corrected chi connectivity index (χ3v) is 4.63. The van der Waals surface area contributed by atoms with Gasteiger partial charge in [0.2, 0.25) is 0 Å². The van der Waals surface area contributed by atoms with Crippen molar-refractivity contribution in [2.45, 2.75) is 6.54 Å². The first-order chi connectivity index (χ1) is 11.2. The maximum absolute atomic E-state index is 5.68. The molecule has 0 saturated heterocycles. The average Bonchev–Trinajstić information content (AvgIpc) is 2.71. The molecular formula is C20H19NO2. The van der Waals surface area contributed by atoms with Gasteiger partial charge >= 0.3 is 0 Å². The molecule has 0 bridgehead atoms. The molecule has 4 rings (SSSR count). The summed E-state index contributed by atoms with van der Waals surface area (Å²) in [6.45, 7) is 0.781. The van der Waals surface area contributed by atoms with Crippen molar-refractivity contribution in [2.75, 3.05) is 26.2 Å². The average molecular weight is 305 g/mol. The van der Waals surface area contributed by atoms with Crippen LogP contribution in [0, 0.1) is 0 Å². The number of fused-ring (bicyclic) bond motifs is 2. The van der Waals surface area contributed by atoms with Crippen LogP contribution in [0.1, 0.15) is 5.56 Å². The second kappa shape index (κ2) is 5.20. The number of rotatable bonds is 2. The van der Waals surface area contributed by atoms with Crippen LogP contribution in [0.3, 0.4) is 0 Å². The van der Waals surface area contributed by atoms with Gasteiger partial charge < -0.3 is 14.4 Å². The molecule has 1 aliphatic rings. The molecule has 0 radical (unpaired) electrons. The normalized spacial score (nSPS) is 12.7. The van der Waals surface area contributed by atoms with Crippen molar-refractivity contribution in [3.05, 3.63) is 54.1 Å². The highest BCUT2D eigenvalue weighted by molar-refractivity contribution is 6.06. The summed E-state index contributed by atoms with van der Waals surface area (Å²) in [5.41, 5.74) is 4.87. The maximum atomic E-state index is 5.68. The lowest BCUT2D eigenvalue weighted by molar-refractivity contribution is 0.352. The van der Waals surface area contributed by atoms with Crippen molar-refractivity contribution in [1.29, 1.82) is 0 Å². The van der Waals surface area contributed by atoms with Crippen molar-refractivity contribution in [1.82, 2.24) is 0 Å². The summed E-state index contributed by atoms with van der Waals surface area (Å²) in [6, 6.07) is 17.1. The predicted octanol–water partition coefficient (Wildman–Crippen LogP) is 4.47. The molecule has 23 heavy (non-hydrogen) atoms. The fourth-order valence-corrected chi connectivity index (χ4v) is 3.59. The summed E-state index contributed by atoms with van der Waals surface area (Å²) in [5, 5.41) is 2.55. The maximum Gasteiger partial charge on any atom is 0.166 e. The van der Waals surface area contributed by atoms with Gasteiger partial charge in [0.1, 0.15) is 0 Å². The fraction of sp³-hybridized carbons (Fsp3) is 0.200. The highest BCUT2D eigenvalue weighted by atomic mass is 16.5. The van der Waals surface area contributed by atoms with E-state index in [0.717, 1.165) is 23.6 Å². The molecule has 0 amide bonds. The number of benzene rings is 3. The Morgan fingerprint density at radius 1 is 0.870 bits per heavy atom. The SMILES string of the molecule is COc1ccc2c(c1OC)CN(C)c1cccc3cccc-2c13. The summed E-state index contributed by atoms with van der Waals surface area (Å²) in [6.07, 6.45) is 0. The quantitative estimate of drug-likeness (QED) is 0.697. The molecule has 0 aliphatic carbocycles. The Morgan fingerprint density at radius 2 is 1.65 bits per heavy atom. The molecular weight excluding hydrogens is 286 g/mol. The fourth-order valence-electron chi connectivity index (χ4n) is 3.59. The van der Waals surface area contributed by atoms with Crippen molar-refractivity contribution in [3.63, 3.8) is 0 Å². The molecule has 0 N–H and O–H groups in total. The topological polar surface area (TPSA) is 21.7 Å². The van der Waals surface area contributed by atoms with Gasteiger partial charge in [-0.15, -0.1) is 0 Å². The van der Waals surface area contributed by atoms with Gasteiger partial charge in [0, 0.05) is 30.2 Å². The van der Waals surface area contributed by atoms with Crippen molar-refractivity contribution >= 4 is 16.5 Å². The first-order valence-corrected chi connectivity index (χ1v) is 7.71. The van der Waals surface area contributed by atoms with Gasteiger partial charge in [-0.25, -0.2) is 0 Å². The van der Waals surface area contributed by atoms with Gasteiger partial charge in [-0.3, -0.25) is 0 Å². The highest BCUT2D eigenvalue weighted by Gasteiger charge is 2.23.